The van der Waals surface area contributed by atoms with Gasteiger partial charge in [-0.1, -0.05) is 31.4 Å². The van der Waals surface area contributed by atoms with Gasteiger partial charge in [-0.2, -0.15) is 9.97 Å². The monoisotopic (exact) mass is 554 g/mol. The number of aromatic nitrogens is 4. The van der Waals surface area contributed by atoms with Gasteiger partial charge in [0.15, 0.2) is 5.82 Å². The summed E-state index contributed by atoms with van der Waals surface area (Å²) in [5, 5.41) is 3.26. The van der Waals surface area contributed by atoms with Crippen molar-refractivity contribution in [3.63, 3.8) is 0 Å². The smallest absolute Gasteiger partial charge is 0.296 e. The maximum absolute atomic E-state index is 14.1. The van der Waals surface area contributed by atoms with E-state index in [1.165, 1.54) is 23.8 Å². The van der Waals surface area contributed by atoms with Crippen LogP contribution < -0.4 is 15.0 Å². The molecule has 3 aliphatic rings. The minimum atomic E-state index is -2.78. The summed E-state index contributed by atoms with van der Waals surface area (Å²) in [5.41, 5.74) is 1.01. The zero-order valence-electron chi connectivity index (χ0n) is 22.6. The van der Waals surface area contributed by atoms with E-state index in [-0.39, 0.29) is 29.6 Å². The summed E-state index contributed by atoms with van der Waals surface area (Å²) in [4.78, 5) is 28.4. The Hall–Kier alpha value is -3.34. The van der Waals surface area contributed by atoms with E-state index in [4.69, 9.17) is 14.5 Å². The van der Waals surface area contributed by atoms with Crippen molar-refractivity contribution < 1.29 is 23.0 Å². The van der Waals surface area contributed by atoms with Crippen molar-refractivity contribution in [2.24, 2.45) is 5.92 Å². The highest BCUT2D eigenvalue weighted by molar-refractivity contribution is 5.79. The van der Waals surface area contributed by atoms with E-state index >= 15 is 0 Å². The molecule has 0 radical (unpaired) electrons. The fourth-order valence-electron chi connectivity index (χ4n) is 6.09. The third-order valence-corrected chi connectivity index (χ3v) is 8.27. The summed E-state index contributed by atoms with van der Waals surface area (Å²) in [6.45, 7) is 2.26. The Morgan fingerprint density at radius 2 is 1.73 bits per heavy atom. The van der Waals surface area contributed by atoms with Gasteiger partial charge in [0, 0.05) is 31.1 Å². The number of hydrogen-bond donors (Lipinski definition) is 1. The van der Waals surface area contributed by atoms with Crippen molar-refractivity contribution >= 4 is 22.9 Å². The van der Waals surface area contributed by atoms with Crippen LogP contribution in [0.5, 0.6) is 5.88 Å². The topological polar surface area (TPSA) is 94.4 Å². The van der Waals surface area contributed by atoms with E-state index in [2.05, 4.69) is 15.3 Å². The molecule has 6 rings (SSSR count). The van der Waals surface area contributed by atoms with Crippen molar-refractivity contribution in [2.75, 3.05) is 31.2 Å². The van der Waals surface area contributed by atoms with E-state index in [0.29, 0.717) is 55.2 Å². The number of fused-ring (bicyclic) bond motifs is 1. The van der Waals surface area contributed by atoms with Crippen molar-refractivity contribution in [2.45, 2.75) is 76.4 Å². The number of nitrogens with one attached hydrogen (secondary N) is 1. The molecule has 2 aliphatic carbocycles. The molecular weight excluding hydrogens is 518 g/mol. The van der Waals surface area contributed by atoms with Crippen LogP contribution in [0.25, 0.3) is 16.9 Å². The van der Waals surface area contributed by atoms with Crippen LogP contribution in [0.1, 0.15) is 70.0 Å². The number of carbonyl (C=O) groups is 1. The molecule has 0 unspecified atom stereocenters. The first-order chi connectivity index (χ1) is 19.5. The van der Waals surface area contributed by atoms with Crippen molar-refractivity contribution in [1.29, 1.82) is 0 Å². The van der Waals surface area contributed by atoms with Gasteiger partial charge in [-0.3, -0.25) is 9.36 Å². The second-order valence-corrected chi connectivity index (χ2v) is 11.0. The average molecular weight is 555 g/mol. The molecule has 11 heteroatoms. The van der Waals surface area contributed by atoms with E-state index in [0.717, 1.165) is 38.5 Å². The van der Waals surface area contributed by atoms with Crippen molar-refractivity contribution in [3.8, 4) is 11.7 Å². The summed E-state index contributed by atoms with van der Waals surface area (Å²) in [6, 6.07) is 8.96. The zero-order chi connectivity index (χ0) is 27.5. The second kappa shape index (κ2) is 12.0. The van der Waals surface area contributed by atoms with Crippen LogP contribution in [-0.4, -0.2) is 63.9 Å². The van der Waals surface area contributed by atoms with Gasteiger partial charge >= 0.3 is 0 Å². The van der Waals surface area contributed by atoms with Crippen LogP contribution in [0, 0.1) is 5.92 Å². The summed E-state index contributed by atoms with van der Waals surface area (Å²) >= 11 is 0. The molecule has 3 fully saturated rings. The number of benzene rings is 1. The number of ether oxygens (including phenoxy) is 2. The highest BCUT2D eigenvalue weighted by Crippen LogP contribution is 2.32. The number of anilines is 1. The number of amides is 1. The summed E-state index contributed by atoms with van der Waals surface area (Å²) in [5.74, 6) is 0.821. The van der Waals surface area contributed by atoms with Crippen LogP contribution in [0.3, 0.4) is 0 Å². The zero-order valence-corrected chi connectivity index (χ0v) is 22.6. The summed E-state index contributed by atoms with van der Waals surface area (Å²) < 4.78 is 41.5. The predicted octanol–water partition coefficient (Wildman–Crippen LogP) is 4.98. The Morgan fingerprint density at radius 3 is 2.48 bits per heavy atom. The Balaban J connectivity index is 1.22. The molecule has 2 aromatic heterocycles. The number of nitrogens with zero attached hydrogens (tertiary/aromatic N) is 5. The van der Waals surface area contributed by atoms with E-state index in [9.17, 15) is 13.6 Å². The maximum atomic E-state index is 14.1. The molecule has 3 heterocycles. The highest BCUT2D eigenvalue weighted by Gasteiger charge is 2.30. The molecule has 0 spiro atoms. The van der Waals surface area contributed by atoms with Gasteiger partial charge in [-0.25, -0.2) is 13.8 Å². The Kier molecular flexibility index (Phi) is 8.08. The minimum absolute atomic E-state index is 0.00226. The molecule has 1 aromatic carbocycles. The Labute approximate surface area is 232 Å². The molecule has 9 nitrogen and oxygen atoms in total. The Morgan fingerprint density at radius 1 is 0.975 bits per heavy atom. The molecule has 0 bridgehead atoms. The fraction of sp³-hybridized carbons (Fsp3) is 0.586. The summed E-state index contributed by atoms with van der Waals surface area (Å²) in [7, 11) is 0. The third-order valence-electron chi connectivity index (χ3n) is 8.27. The van der Waals surface area contributed by atoms with Gasteiger partial charge in [0.2, 0.25) is 17.7 Å². The molecule has 1 amide bonds. The van der Waals surface area contributed by atoms with Crippen LogP contribution >= 0.6 is 0 Å². The number of halogens is 2. The van der Waals surface area contributed by atoms with E-state index in [1.54, 1.807) is 30.3 Å². The standard InChI is InChI=1S/C29H36F2N6O3/c30-26(31)27-33-22-8-4-5-9-23(22)37(27)24-18-25(35-29(34-24)36-14-16-39-17-15-36)40-21-12-10-19(11-13-21)28(38)32-20-6-2-1-3-7-20/h4-5,8-9,18-21,26H,1-3,6-7,10-17H2,(H,32,38). The predicted molar refractivity (Wildman–Crippen MR) is 146 cm³/mol. The number of alkyl halides is 2. The second-order valence-electron chi connectivity index (χ2n) is 11.0. The Bertz CT molecular complexity index is 1310. The van der Waals surface area contributed by atoms with E-state index < -0.39 is 6.43 Å². The minimum Gasteiger partial charge on any atom is -0.474 e. The molecule has 3 aromatic rings. The van der Waals surface area contributed by atoms with Gasteiger partial charge in [-0.15, -0.1) is 0 Å². The van der Waals surface area contributed by atoms with Gasteiger partial charge in [0.05, 0.1) is 24.2 Å². The molecule has 1 saturated heterocycles. The summed E-state index contributed by atoms with van der Waals surface area (Å²) in [6.07, 6.45) is 5.83. The van der Waals surface area contributed by atoms with Crippen LogP contribution in [0.4, 0.5) is 14.7 Å². The molecule has 2 saturated carbocycles. The number of carbonyl (C=O) groups excluding carboxylic acids is 1. The third kappa shape index (κ3) is 5.89. The normalized spacial score (nSPS) is 22.5. The van der Waals surface area contributed by atoms with Gasteiger partial charge in [0.25, 0.3) is 6.43 Å². The van der Waals surface area contributed by atoms with Gasteiger partial charge in [0.1, 0.15) is 11.9 Å². The van der Waals surface area contributed by atoms with Crippen molar-refractivity contribution in [3.05, 3.63) is 36.2 Å². The molecule has 1 aliphatic heterocycles. The molecule has 0 atom stereocenters. The molecule has 40 heavy (non-hydrogen) atoms. The molecule has 1 N–H and O–H groups in total. The first kappa shape index (κ1) is 26.9. The molecular formula is C29H36F2N6O3. The molecule has 214 valence electrons. The average Bonchev–Trinajstić information content (AvgIpc) is 3.39. The quantitative estimate of drug-likeness (QED) is 0.440. The van der Waals surface area contributed by atoms with Crippen LogP contribution in [0.2, 0.25) is 0 Å². The van der Waals surface area contributed by atoms with Crippen LogP contribution in [0.15, 0.2) is 30.3 Å². The largest absolute Gasteiger partial charge is 0.474 e. The SMILES string of the molecule is O=C(NC1CCCCC1)C1CCC(Oc2cc(-n3c(C(F)F)nc4ccccc43)nc(N3CCOCC3)n2)CC1. The lowest BCUT2D eigenvalue weighted by atomic mass is 9.86. The number of rotatable bonds is 7. The van der Waals surface area contributed by atoms with Crippen LogP contribution in [-0.2, 0) is 9.53 Å². The maximum Gasteiger partial charge on any atom is 0.296 e. The lowest BCUT2D eigenvalue weighted by Gasteiger charge is -2.31. The number of imidazole rings is 1. The van der Waals surface area contributed by atoms with Gasteiger partial charge in [-0.05, 0) is 50.7 Å². The number of morpholine rings is 1. The highest BCUT2D eigenvalue weighted by atomic mass is 19.3. The lowest BCUT2D eigenvalue weighted by molar-refractivity contribution is -0.127. The number of hydrogen-bond acceptors (Lipinski definition) is 7. The van der Waals surface area contributed by atoms with E-state index in [1.807, 2.05) is 4.90 Å². The van der Waals surface area contributed by atoms with Crippen molar-refractivity contribution in [1.82, 2.24) is 24.8 Å². The first-order valence-electron chi connectivity index (χ1n) is 14.5. The fourth-order valence-corrected chi connectivity index (χ4v) is 6.09. The first-order valence-corrected chi connectivity index (χ1v) is 14.5. The van der Waals surface area contributed by atoms with Gasteiger partial charge < -0.3 is 19.7 Å². The lowest BCUT2D eigenvalue weighted by Crippen LogP contribution is -2.41. The number of para-hydroxylation sites is 2.